The van der Waals surface area contributed by atoms with E-state index in [0.29, 0.717) is 23.8 Å². The third kappa shape index (κ3) is 3.54. The lowest BCUT2D eigenvalue weighted by Crippen LogP contribution is -2.33. The number of anilines is 1. The van der Waals surface area contributed by atoms with E-state index in [0.717, 1.165) is 61.3 Å². The minimum Gasteiger partial charge on any atom is -0.486 e. The van der Waals surface area contributed by atoms with Crippen LogP contribution in [0.25, 0.3) is 0 Å². The quantitative estimate of drug-likeness (QED) is 0.765. The van der Waals surface area contributed by atoms with E-state index in [-0.39, 0.29) is 18.5 Å². The van der Waals surface area contributed by atoms with Crippen LogP contribution in [0.15, 0.2) is 18.2 Å². The lowest BCUT2D eigenvalue weighted by atomic mass is 10.0. The standard InChI is InChI=1S/C22H25N3O4S/c23-21(27)20-14-3-1-5-18(14)30-22(20)24-19(26)12-25-8-2-4-15(25)13-6-7-16-17(11-13)29-10-9-28-16/h6-7,11,15H,1-5,8-10,12H2,(H2,23,27)(H,24,26). The van der Waals surface area contributed by atoms with Crippen LogP contribution in [-0.2, 0) is 17.6 Å². The smallest absolute Gasteiger partial charge is 0.251 e. The molecule has 30 heavy (non-hydrogen) atoms. The first kappa shape index (κ1) is 19.4. The van der Waals surface area contributed by atoms with Gasteiger partial charge in [0.05, 0.1) is 12.1 Å². The molecule has 3 heterocycles. The summed E-state index contributed by atoms with van der Waals surface area (Å²) in [5.41, 5.74) is 8.28. The predicted octanol–water partition coefficient (Wildman–Crippen LogP) is 2.88. The van der Waals surface area contributed by atoms with Gasteiger partial charge in [-0.3, -0.25) is 14.5 Å². The number of hydrogen-bond acceptors (Lipinski definition) is 6. The largest absolute Gasteiger partial charge is 0.486 e. The fraction of sp³-hybridized carbons (Fsp3) is 0.455. The summed E-state index contributed by atoms with van der Waals surface area (Å²) < 4.78 is 11.3. The van der Waals surface area contributed by atoms with E-state index < -0.39 is 5.91 Å². The van der Waals surface area contributed by atoms with Crippen molar-refractivity contribution in [3.63, 3.8) is 0 Å². The zero-order chi connectivity index (χ0) is 20.7. The second-order valence-electron chi connectivity index (χ2n) is 8.01. The molecule has 1 aromatic heterocycles. The number of nitrogens with two attached hydrogens (primary N) is 1. The van der Waals surface area contributed by atoms with Crippen molar-refractivity contribution in [1.82, 2.24) is 4.90 Å². The molecule has 1 fully saturated rings. The van der Waals surface area contributed by atoms with Gasteiger partial charge < -0.3 is 20.5 Å². The van der Waals surface area contributed by atoms with E-state index in [1.165, 1.54) is 16.2 Å². The number of benzene rings is 1. The van der Waals surface area contributed by atoms with Gasteiger partial charge in [0.25, 0.3) is 5.91 Å². The van der Waals surface area contributed by atoms with Crippen LogP contribution < -0.4 is 20.5 Å². The number of aryl methyl sites for hydroxylation is 1. The van der Waals surface area contributed by atoms with Gasteiger partial charge in [0.15, 0.2) is 11.5 Å². The highest BCUT2D eigenvalue weighted by molar-refractivity contribution is 7.17. The first-order valence-corrected chi connectivity index (χ1v) is 11.3. The molecule has 0 bridgehead atoms. The first-order valence-electron chi connectivity index (χ1n) is 10.5. The van der Waals surface area contributed by atoms with Crippen molar-refractivity contribution < 1.29 is 19.1 Å². The number of thiophene rings is 1. The highest BCUT2D eigenvalue weighted by Gasteiger charge is 2.30. The molecule has 5 rings (SSSR count). The van der Waals surface area contributed by atoms with Crippen LogP contribution in [0.1, 0.15) is 51.7 Å². The van der Waals surface area contributed by atoms with Crippen LogP contribution in [-0.4, -0.2) is 43.0 Å². The highest BCUT2D eigenvalue weighted by atomic mass is 32.1. The third-order valence-electron chi connectivity index (χ3n) is 6.08. The number of rotatable bonds is 5. The fourth-order valence-electron chi connectivity index (χ4n) is 4.76. The van der Waals surface area contributed by atoms with Crippen molar-refractivity contribution in [2.45, 2.75) is 38.1 Å². The number of hydrogen-bond donors (Lipinski definition) is 2. The van der Waals surface area contributed by atoms with E-state index in [1.807, 2.05) is 12.1 Å². The summed E-state index contributed by atoms with van der Waals surface area (Å²) in [6.45, 7) is 2.26. The molecule has 1 saturated heterocycles. The molecular weight excluding hydrogens is 402 g/mol. The highest BCUT2D eigenvalue weighted by Crippen LogP contribution is 2.40. The number of amides is 2. The Hall–Kier alpha value is -2.58. The monoisotopic (exact) mass is 427 g/mol. The molecule has 158 valence electrons. The summed E-state index contributed by atoms with van der Waals surface area (Å²) in [7, 11) is 0. The number of primary amides is 1. The van der Waals surface area contributed by atoms with Crippen molar-refractivity contribution in [3.05, 3.63) is 39.8 Å². The molecule has 3 N–H and O–H groups in total. The second kappa shape index (κ2) is 7.92. The van der Waals surface area contributed by atoms with Gasteiger partial charge in [0.2, 0.25) is 5.91 Å². The minimum absolute atomic E-state index is 0.109. The van der Waals surface area contributed by atoms with Gasteiger partial charge >= 0.3 is 0 Å². The molecule has 1 aromatic carbocycles. The Bertz CT molecular complexity index is 1000. The molecule has 2 aliphatic heterocycles. The van der Waals surface area contributed by atoms with Crippen molar-refractivity contribution in [2.75, 3.05) is 31.6 Å². The Balaban J connectivity index is 1.30. The first-order chi connectivity index (χ1) is 14.6. The van der Waals surface area contributed by atoms with E-state index in [2.05, 4.69) is 16.3 Å². The number of fused-ring (bicyclic) bond motifs is 2. The maximum absolute atomic E-state index is 12.8. The second-order valence-corrected chi connectivity index (χ2v) is 9.11. The molecular formula is C22H25N3O4S. The molecule has 0 saturated carbocycles. The number of nitrogens with zero attached hydrogens (tertiary/aromatic N) is 1. The van der Waals surface area contributed by atoms with Gasteiger partial charge in [-0.15, -0.1) is 11.3 Å². The van der Waals surface area contributed by atoms with Crippen LogP contribution in [0, 0.1) is 0 Å². The Morgan fingerprint density at radius 1 is 1.17 bits per heavy atom. The summed E-state index contributed by atoms with van der Waals surface area (Å²) in [4.78, 5) is 28.2. The molecule has 2 aromatic rings. The van der Waals surface area contributed by atoms with E-state index >= 15 is 0 Å². The Labute approximate surface area is 179 Å². The van der Waals surface area contributed by atoms with Crippen molar-refractivity contribution in [2.24, 2.45) is 5.73 Å². The minimum atomic E-state index is -0.458. The molecule has 8 heteroatoms. The number of likely N-dealkylation sites (tertiary alicyclic amines) is 1. The summed E-state index contributed by atoms with van der Waals surface area (Å²) in [6.07, 6.45) is 4.88. The van der Waals surface area contributed by atoms with Gasteiger partial charge in [0, 0.05) is 10.9 Å². The lowest BCUT2D eigenvalue weighted by molar-refractivity contribution is -0.117. The number of carbonyl (C=O) groups is 2. The summed E-state index contributed by atoms with van der Waals surface area (Å²) in [5, 5.41) is 3.57. The third-order valence-corrected chi connectivity index (χ3v) is 7.29. The van der Waals surface area contributed by atoms with Gasteiger partial charge in [-0.2, -0.15) is 0 Å². The molecule has 1 aliphatic carbocycles. The summed E-state index contributed by atoms with van der Waals surface area (Å²) >= 11 is 1.49. The van der Waals surface area contributed by atoms with Crippen LogP contribution in [0.3, 0.4) is 0 Å². The van der Waals surface area contributed by atoms with Crippen molar-refractivity contribution in [3.8, 4) is 11.5 Å². The number of ether oxygens (including phenoxy) is 2. The fourth-order valence-corrected chi connectivity index (χ4v) is 6.07. The van der Waals surface area contributed by atoms with Crippen molar-refractivity contribution in [1.29, 1.82) is 0 Å². The predicted molar refractivity (Wildman–Crippen MR) is 114 cm³/mol. The number of carbonyl (C=O) groups excluding carboxylic acids is 2. The maximum Gasteiger partial charge on any atom is 0.251 e. The van der Waals surface area contributed by atoms with Gasteiger partial charge in [-0.05, 0) is 61.9 Å². The molecule has 1 unspecified atom stereocenters. The SMILES string of the molecule is NC(=O)c1c(NC(=O)CN2CCCC2c2ccc3c(c2)OCCO3)sc2c1CCC2. The summed E-state index contributed by atoms with van der Waals surface area (Å²) in [6, 6.07) is 6.20. The van der Waals surface area contributed by atoms with Crippen LogP contribution in [0.4, 0.5) is 5.00 Å². The van der Waals surface area contributed by atoms with E-state index in [4.69, 9.17) is 15.2 Å². The molecule has 7 nitrogen and oxygen atoms in total. The normalized spacial score (nSPS) is 20.2. The molecule has 3 aliphatic rings. The molecule has 0 radical (unpaired) electrons. The molecule has 0 spiro atoms. The van der Waals surface area contributed by atoms with Crippen LogP contribution in [0.5, 0.6) is 11.5 Å². The maximum atomic E-state index is 12.8. The van der Waals surface area contributed by atoms with Gasteiger partial charge in [-0.25, -0.2) is 0 Å². The zero-order valence-electron chi connectivity index (χ0n) is 16.7. The van der Waals surface area contributed by atoms with E-state index in [9.17, 15) is 9.59 Å². The van der Waals surface area contributed by atoms with Gasteiger partial charge in [-0.1, -0.05) is 6.07 Å². The number of nitrogens with one attached hydrogen (secondary N) is 1. The van der Waals surface area contributed by atoms with Crippen LogP contribution in [0.2, 0.25) is 0 Å². The average Bonchev–Trinajstić information content (AvgIpc) is 3.43. The Morgan fingerprint density at radius 3 is 2.83 bits per heavy atom. The topological polar surface area (TPSA) is 93.9 Å². The van der Waals surface area contributed by atoms with Gasteiger partial charge in [0.1, 0.15) is 18.2 Å². The lowest BCUT2D eigenvalue weighted by Gasteiger charge is -2.26. The van der Waals surface area contributed by atoms with Crippen molar-refractivity contribution >= 4 is 28.2 Å². The Kier molecular flexibility index (Phi) is 5.12. The molecule has 1 atom stereocenters. The van der Waals surface area contributed by atoms with E-state index in [1.54, 1.807) is 0 Å². The zero-order valence-corrected chi connectivity index (χ0v) is 17.6. The Morgan fingerprint density at radius 2 is 2.00 bits per heavy atom. The van der Waals surface area contributed by atoms with Crippen LogP contribution >= 0.6 is 11.3 Å². The summed E-state index contributed by atoms with van der Waals surface area (Å²) in [5.74, 6) is 0.980. The molecule has 2 amide bonds. The average molecular weight is 428 g/mol.